The summed E-state index contributed by atoms with van der Waals surface area (Å²) in [6.07, 6.45) is 2.41. The summed E-state index contributed by atoms with van der Waals surface area (Å²) in [4.78, 5) is 14.5. The van der Waals surface area contributed by atoms with Gasteiger partial charge in [0.1, 0.15) is 13.0 Å². The van der Waals surface area contributed by atoms with Gasteiger partial charge < -0.3 is 9.15 Å². The van der Waals surface area contributed by atoms with E-state index in [9.17, 15) is 4.79 Å². The van der Waals surface area contributed by atoms with Crippen molar-refractivity contribution < 1.29 is 13.9 Å². The Labute approximate surface area is 63.4 Å². The van der Waals surface area contributed by atoms with E-state index in [0.29, 0.717) is 0 Å². The Bertz CT molecular complexity index is 220. The molecule has 1 aromatic rings. The van der Waals surface area contributed by atoms with Crippen molar-refractivity contribution in [3.63, 3.8) is 0 Å². The highest BCUT2D eigenvalue weighted by atomic mass is 16.5. The van der Waals surface area contributed by atoms with E-state index in [1.807, 2.05) is 0 Å². The molecule has 1 N–H and O–H groups in total. The zero-order valence-corrected chi connectivity index (χ0v) is 6.03. The second kappa shape index (κ2) is 3.72. The molecule has 1 aromatic heterocycles. The number of nitrogens with one attached hydrogen (secondary N) is 1. The van der Waals surface area contributed by atoms with Gasteiger partial charge in [-0.3, -0.25) is 5.32 Å². The predicted molar refractivity (Wildman–Crippen MR) is 35.8 cm³/mol. The van der Waals surface area contributed by atoms with Crippen LogP contribution in [-0.4, -0.2) is 24.7 Å². The Morgan fingerprint density at radius 2 is 2.73 bits per heavy atom. The summed E-state index contributed by atoms with van der Waals surface area (Å²) >= 11 is 0. The summed E-state index contributed by atoms with van der Waals surface area (Å²) in [7, 11) is 1.68. The van der Waals surface area contributed by atoms with Crippen LogP contribution in [0.25, 0.3) is 0 Å². The van der Waals surface area contributed by atoms with Crippen LogP contribution in [0.5, 0.6) is 0 Å². The molecule has 0 aliphatic rings. The van der Waals surface area contributed by atoms with Gasteiger partial charge in [-0.05, 0) is 7.05 Å². The molecule has 5 nitrogen and oxygen atoms in total. The topological polar surface area (TPSA) is 64.4 Å². The van der Waals surface area contributed by atoms with Crippen molar-refractivity contribution in [2.45, 2.75) is 0 Å². The fourth-order valence-corrected chi connectivity index (χ4v) is 0.525. The molecular weight excluding hydrogens is 148 g/mol. The van der Waals surface area contributed by atoms with Gasteiger partial charge in [-0.1, -0.05) is 0 Å². The number of oxazole rings is 1. The van der Waals surface area contributed by atoms with Gasteiger partial charge in [0.25, 0.3) is 0 Å². The van der Waals surface area contributed by atoms with E-state index in [4.69, 9.17) is 0 Å². The van der Waals surface area contributed by atoms with Crippen LogP contribution in [0.3, 0.4) is 0 Å². The summed E-state index contributed by atoms with van der Waals surface area (Å²) in [5.41, 5.74) is 0.181. The van der Waals surface area contributed by atoms with Crippen LogP contribution < -0.4 is 5.32 Å². The van der Waals surface area contributed by atoms with Crippen LogP contribution in [-0.2, 0) is 4.74 Å². The molecule has 0 aliphatic carbocycles. The van der Waals surface area contributed by atoms with Crippen LogP contribution in [0.2, 0.25) is 0 Å². The lowest BCUT2D eigenvalue weighted by molar-refractivity contribution is 0.0474. The van der Waals surface area contributed by atoms with Gasteiger partial charge >= 0.3 is 5.97 Å². The number of hydrogen-bond donors (Lipinski definition) is 1. The first-order valence-electron chi connectivity index (χ1n) is 3.04. The van der Waals surface area contributed by atoms with Crippen molar-refractivity contribution in [3.05, 3.63) is 18.4 Å². The normalized spacial score (nSPS) is 9.55. The molecule has 11 heavy (non-hydrogen) atoms. The molecule has 0 aliphatic heterocycles. The third-order valence-corrected chi connectivity index (χ3v) is 0.989. The van der Waals surface area contributed by atoms with Crippen molar-refractivity contribution in [2.75, 3.05) is 13.8 Å². The molecular formula is C6H8N2O3. The maximum Gasteiger partial charge on any atom is 0.361 e. The number of hydrogen-bond acceptors (Lipinski definition) is 5. The predicted octanol–water partition coefficient (Wildman–Crippen LogP) is 0.00830. The standard InChI is InChI=1S/C6H8N2O3/c1-7-3-11-6(9)5-2-10-4-8-5/h2,4,7H,3H2,1H3. The molecule has 0 amide bonds. The number of nitrogens with zero attached hydrogens (tertiary/aromatic N) is 1. The number of esters is 1. The van der Waals surface area contributed by atoms with E-state index >= 15 is 0 Å². The molecule has 0 bridgehead atoms. The first kappa shape index (κ1) is 7.74. The molecule has 0 fully saturated rings. The molecule has 1 heterocycles. The summed E-state index contributed by atoms with van der Waals surface area (Å²) in [6.45, 7) is 0.172. The van der Waals surface area contributed by atoms with Gasteiger partial charge in [0.05, 0.1) is 0 Å². The first-order chi connectivity index (χ1) is 5.34. The van der Waals surface area contributed by atoms with Gasteiger partial charge in [-0.15, -0.1) is 0 Å². The zero-order valence-electron chi connectivity index (χ0n) is 6.03. The fourth-order valence-electron chi connectivity index (χ4n) is 0.525. The SMILES string of the molecule is CNCOC(=O)c1cocn1. The monoisotopic (exact) mass is 156 g/mol. The van der Waals surface area contributed by atoms with Crippen molar-refractivity contribution in [2.24, 2.45) is 0 Å². The van der Waals surface area contributed by atoms with Crippen molar-refractivity contribution in [1.82, 2.24) is 10.3 Å². The van der Waals surface area contributed by atoms with Crippen molar-refractivity contribution in [3.8, 4) is 0 Å². The van der Waals surface area contributed by atoms with E-state index in [0.717, 1.165) is 0 Å². The number of ether oxygens (including phenoxy) is 1. The minimum absolute atomic E-state index is 0.172. The number of rotatable bonds is 3. The van der Waals surface area contributed by atoms with E-state index < -0.39 is 5.97 Å². The molecule has 5 heteroatoms. The average Bonchev–Trinajstić information content (AvgIpc) is 2.52. The Morgan fingerprint density at radius 1 is 1.91 bits per heavy atom. The maximum absolute atomic E-state index is 10.9. The van der Waals surface area contributed by atoms with E-state index in [2.05, 4.69) is 19.5 Å². The Morgan fingerprint density at radius 3 is 3.27 bits per heavy atom. The second-order valence-electron chi connectivity index (χ2n) is 1.80. The average molecular weight is 156 g/mol. The summed E-state index contributed by atoms with van der Waals surface area (Å²) in [5, 5.41) is 2.66. The first-order valence-corrected chi connectivity index (χ1v) is 3.04. The molecule has 0 saturated heterocycles. The summed E-state index contributed by atoms with van der Waals surface area (Å²) < 4.78 is 9.25. The molecule has 0 saturated carbocycles. The summed E-state index contributed by atoms with van der Waals surface area (Å²) in [6, 6.07) is 0. The Kier molecular flexibility index (Phi) is 2.62. The minimum Gasteiger partial charge on any atom is -0.451 e. The van der Waals surface area contributed by atoms with Gasteiger partial charge in [-0.2, -0.15) is 0 Å². The van der Waals surface area contributed by atoms with Gasteiger partial charge in [0.15, 0.2) is 12.1 Å². The lowest BCUT2D eigenvalue weighted by Gasteiger charge is -1.98. The van der Waals surface area contributed by atoms with E-state index in [1.54, 1.807) is 7.05 Å². The highest BCUT2D eigenvalue weighted by Crippen LogP contribution is 1.95. The highest BCUT2D eigenvalue weighted by molar-refractivity contribution is 5.86. The van der Waals surface area contributed by atoms with Crippen LogP contribution in [0, 0.1) is 0 Å². The molecule has 0 aromatic carbocycles. The molecule has 0 spiro atoms. The second-order valence-corrected chi connectivity index (χ2v) is 1.80. The number of carbonyl (C=O) groups is 1. The minimum atomic E-state index is -0.492. The molecule has 0 radical (unpaired) electrons. The quantitative estimate of drug-likeness (QED) is 0.493. The maximum atomic E-state index is 10.9. The lowest BCUT2D eigenvalue weighted by atomic mass is 10.5. The van der Waals surface area contributed by atoms with Gasteiger partial charge in [0, 0.05) is 0 Å². The molecule has 60 valence electrons. The largest absolute Gasteiger partial charge is 0.451 e. The fraction of sp³-hybridized carbons (Fsp3) is 0.333. The molecule has 0 unspecified atom stereocenters. The van der Waals surface area contributed by atoms with E-state index in [-0.39, 0.29) is 12.4 Å². The van der Waals surface area contributed by atoms with Crippen LogP contribution in [0.1, 0.15) is 10.5 Å². The third kappa shape index (κ3) is 2.05. The van der Waals surface area contributed by atoms with Gasteiger partial charge in [0.2, 0.25) is 0 Å². The Balaban J connectivity index is 2.43. The number of aromatic nitrogens is 1. The van der Waals surface area contributed by atoms with Crippen LogP contribution in [0.15, 0.2) is 17.1 Å². The summed E-state index contributed by atoms with van der Waals surface area (Å²) in [5.74, 6) is -0.492. The van der Waals surface area contributed by atoms with Gasteiger partial charge in [-0.25, -0.2) is 9.78 Å². The van der Waals surface area contributed by atoms with Crippen LogP contribution >= 0.6 is 0 Å². The van der Waals surface area contributed by atoms with Crippen molar-refractivity contribution >= 4 is 5.97 Å². The lowest BCUT2D eigenvalue weighted by Crippen LogP contribution is -2.16. The van der Waals surface area contributed by atoms with Crippen molar-refractivity contribution in [1.29, 1.82) is 0 Å². The smallest absolute Gasteiger partial charge is 0.361 e. The third-order valence-electron chi connectivity index (χ3n) is 0.989. The van der Waals surface area contributed by atoms with Crippen LogP contribution in [0.4, 0.5) is 0 Å². The number of carbonyl (C=O) groups excluding carboxylic acids is 1. The molecule has 1 rings (SSSR count). The molecule has 0 atom stereocenters. The zero-order chi connectivity index (χ0) is 8.10. The van der Waals surface area contributed by atoms with E-state index in [1.165, 1.54) is 12.7 Å². The highest BCUT2D eigenvalue weighted by Gasteiger charge is 2.08. The Hall–Kier alpha value is -1.36.